The monoisotopic (exact) mass is 210 g/mol. The van der Waals surface area contributed by atoms with Gasteiger partial charge in [0.1, 0.15) is 0 Å². The van der Waals surface area contributed by atoms with E-state index in [2.05, 4.69) is 23.5 Å². The van der Waals surface area contributed by atoms with Crippen LogP contribution in [0.4, 0.5) is 5.69 Å². The van der Waals surface area contributed by atoms with Crippen LogP contribution in [-0.2, 0) is 0 Å². The zero-order chi connectivity index (χ0) is 11.2. The summed E-state index contributed by atoms with van der Waals surface area (Å²) in [6, 6.07) is 18.1. The molecular weight excluding hydrogens is 196 g/mol. The molecule has 2 rings (SSSR count). The minimum Gasteiger partial charge on any atom is -0.278 e. The van der Waals surface area contributed by atoms with Crippen LogP contribution in [0.15, 0.2) is 59.7 Å². The lowest BCUT2D eigenvalue weighted by Crippen LogP contribution is -1.92. The molecule has 2 aromatic carbocycles. The number of nitrogens with one attached hydrogen (secondary N) is 1. The van der Waals surface area contributed by atoms with E-state index in [1.54, 1.807) is 0 Å². The second kappa shape index (κ2) is 5.12. The first kappa shape index (κ1) is 10.4. The van der Waals surface area contributed by atoms with Crippen LogP contribution in [-0.4, -0.2) is 6.21 Å². The van der Waals surface area contributed by atoms with Crippen LogP contribution >= 0.6 is 0 Å². The van der Waals surface area contributed by atoms with Crippen LogP contribution in [0.2, 0.25) is 0 Å². The molecule has 0 unspecified atom stereocenters. The molecule has 80 valence electrons. The number of hydrazone groups is 1. The lowest BCUT2D eigenvalue weighted by atomic mass is 10.2. The van der Waals surface area contributed by atoms with E-state index >= 15 is 0 Å². The van der Waals surface area contributed by atoms with E-state index in [1.165, 1.54) is 5.56 Å². The number of aryl methyl sites for hydroxylation is 1. The molecule has 0 heterocycles. The van der Waals surface area contributed by atoms with Crippen LogP contribution < -0.4 is 5.43 Å². The third-order valence-corrected chi connectivity index (χ3v) is 2.34. The maximum Gasteiger partial charge on any atom is 0.0590 e. The third-order valence-electron chi connectivity index (χ3n) is 2.34. The van der Waals surface area contributed by atoms with Crippen molar-refractivity contribution in [1.82, 2.24) is 0 Å². The van der Waals surface area contributed by atoms with E-state index in [-0.39, 0.29) is 0 Å². The van der Waals surface area contributed by atoms with E-state index in [9.17, 15) is 0 Å². The summed E-state index contributed by atoms with van der Waals surface area (Å²) in [6.07, 6.45) is 1.81. The first-order chi connectivity index (χ1) is 7.86. The predicted molar refractivity (Wildman–Crippen MR) is 68.8 cm³/mol. The Morgan fingerprint density at radius 2 is 1.62 bits per heavy atom. The Labute approximate surface area is 95.6 Å². The Morgan fingerprint density at radius 1 is 0.938 bits per heavy atom. The fraction of sp³-hybridized carbons (Fsp3) is 0.0714. The minimum absolute atomic E-state index is 1.04. The van der Waals surface area contributed by atoms with Gasteiger partial charge in [0, 0.05) is 0 Å². The largest absolute Gasteiger partial charge is 0.278 e. The fourth-order valence-corrected chi connectivity index (χ4v) is 1.41. The van der Waals surface area contributed by atoms with Gasteiger partial charge in [0.2, 0.25) is 0 Å². The Morgan fingerprint density at radius 3 is 2.38 bits per heavy atom. The molecule has 0 amide bonds. The van der Waals surface area contributed by atoms with Gasteiger partial charge in [0.15, 0.2) is 0 Å². The highest BCUT2D eigenvalue weighted by atomic mass is 15.3. The summed E-state index contributed by atoms with van der Waals surface area (Å²) < 4.78 is 0. The standard InChI is InChI=1S/C14H14N2/c1-12-7-5-6-10-14(12)16-15-11-13-8-3-2-4-9-13/h2-11,16H,1H3/b15-11+. The van der Waals surface area contributed by atoms with E-state index in [0.29, 0.717) is 0 Å². The number of benzene rings is 2. The van der Waals surface area contributed by atoms with Crippen LogP contribution in [0.3, 0.4) is 0 Å². The van der Waals surface area contributed by atoms with Crippen LogP contribution in [0.1, 0.15) is 11.1 Å². The Bertz CT molecular complexity index is 475. The number of anilines is 1. The van der Waals surface area contributed by atoms with Crippen molar-refractivity contribution in [1.29, 1.82) is 0 Å². The average molecular weight is 210 g/mol. The van der Waals surface area contributed by atoms with Gasteiger partial charge in [-0.25, -0.2) is 0 Å². The van der Waals surface area contributed by atoms with Gasteiger partial charge in [-0.15, -0.1) is 0 Å². The molecule has 0 atom stereocenters. The Balaban J connectivity index is 2.03. The molecule has 0 aliphatic heterocycles. The molecule has 2 nitrogen and oxygen atoms in total. The molecule has 0 radical (unpaired) electrons. The lowest BCUT2D eigenvalue weighted by Gasteiger charge is -2.03. The second-order valence-corrected chi connectivity index (χ2v) is 3.60. The maximum absolute atomic E-state index is 4.20. The zero-order valence-electron chi connectivity index (χ0n) is 9.22. The van der Waals surface area contributed by atoms with Crippen molar-refractivity contribution in [2.75, 3.05) is 5.43 Å². The van der Waals surface area contributed by atoms with Gasteiger partial charge in [-0.1, -0.05) is 48.5 Å². The van der Waals surface area contributed by atoms with E-state index < -0.39 is 0 Å². The smallest absolute Gasteiger partial charge is 0.0590 e. The summed E-state index contributed by atoms with van der Waals surface area (Å²) in [5, 5.41) is 4.20. The highest BCUT2D eigenvalue weighted by Gasteiger charge is 1.92. The predicted octanol–water partition coefficient (Wildman–Crippen LogP) is 3.44. The van der Waals surface area contributed by atoms with Crippen molar-refractivity contribution >= 4 is 11.9 Å². The molecule has 2 heteroatoms. The summed E-state index contributed by atoms with van der Waals surface area (Å²) in [7, 11) is 0. The number of nitrogens with zero attached hydrogens (tertiary/aromatic N) is 1. The van der Waals surface area contributed by atoms with Gasteiger partial charge in [0.25, 0.3) is 0 Å². The average Bonchev–Trinajstić information content (AvgIpc) is 2.33. The van der Waals surface area contributed by atoms with Gasteiger partial charge in [0.05, 0.1) is 11.9 Å². The molecule has 16 heavy (non-hydrogen) atoms. The number of rotatable bonds is 3. The van der Waals surface area contributed by atoms with Crippen molar-refractivity contribution in [3.63, 3.8) is 0 Å². The van der Waals surface area contributed by atoms with Gasteiger partial charge < -0.3 is 0 Å². The number of para-hydroxylation sites is 1. The summed E-state index contributed by atoms with van der Waals surface area (Å²) in [6.45, 7) is 2.06. The van der Waals surface area contributed by atoms with E-state index in [1.807, 2.05) is 54.7 Å². The molecule has 0 aromatic heterocycles. The van der Waals surface area contributed by atoms with Crippen LogP contribution in [0.5, 0.6) is 0 Å². The van der Waals surface area contributed by atoms with Crippen molar-refractivity contribution < 1.29 is 0 Å². The molecule has 0 fully saturated rings. The highest BCUT2D eigenvalue weighted by Crippen LogP contribution is 2.12. The molecule has 0 bridgehead atoms. The Kier molecular flexibility index (Phi) is 3.34. The van der Waals surface area contributed by atoms with Gasteiger partial charge in [-0.3, -0.25) is 5.43 Å². The fourth-order valence-electron chi connectivity index (χ4n) is 1.41. The number of hydrogen-bond acceptors (Lipinski definition) is 2. The second-order valence-electron chi connectivity index (χ2n) is 3.60. The first-order valence-corrected chi connectivity index (χ1v) is 5.26. The molecule has 0 saturated heterocycles. The van der Waals surface area contributed by atoms with E-state index in [4.69, 9.17) is 0 Å². The summed E-state index contributed by atoms with van der Waals surface area (Å²) >= 11 is 0. The SMILES string of the molecule is Cc1ccccc1N/N=C/c1ccccc1. The summed E-state index contributed by atoms with van der Waals surface area (Å²) in [5.74, 6) is 0. The minimum atomic E-state index is 1.04. The molecule has 0 spiro atoms. The first-order valence-electron chi connectivity index (χ1n) is 5.26. The molecule has 1 N–H and O–H groups in total. The summed E-state index contributed by atoms with van der Waals surface area (Å²) in [5.41, 5.74) is 6.34. The van der Waals surface area contributed by atoms with Crippen molar-refractivity contribution in [3.8, 4) is 0 Å². The van der Waals surface area contributed by atoms with Gasteiger partial charge in [-0.2, -0.15) is 5.10 Å². The maximum atomic E-state index is 4.20. The van der Waals surface area contributed by atoms with Gasteiger partial charge >= 0.3 is 0 Å². The molecular formula is C14H14N2. The highest BCUT2D eigenvalue weighted by molar-refractivity contribution is 5.80. The zero-order valence-corrected chi connectivity index (χ0v) is 9.22. The van der Waals surface area contributed by atoms with Gasteiger partial charge in [-0.05, 0) is 24.1 Å². The Hall–Kier alpha value is -2.09. The van der Waals surface area contributed by atoms with Crippen LogP contribution in [0.25, 0.3) is 0 Å². The molecule has 0 aliphatic carbocycles. The van der Waals surface area contributed by atoms with Crippen molar-refractivity contribution in [2.24, 2.45) is 5.10 Å². The normalized spacial score (nSPS) is 10.6. The van der Waals surface area contributed by atoms with Crippen LogP contribution in [0, 0.1) is 6.92 Å². The molecule has 2 aromatic rings. The lowest BCUT2D eigenvalue weighted by molar-refractivity contribution is 1.31. The topological polar surface area (TPSA) is 24.4 Å². The summed E-state index contributed by atoms with van der Waals surface area (Å²) in [4.78, 5) is 0. The van der Waals surface area contributed by atoms with Crippen molar-refractivity contribution in [3.05, 3.63) is 65.7 Å². The van der Waals surface area contributed by atoms with Crippen molar-refractivity contribution in [2.45, 2.75) is 6.92 Å². The number of hydrogen-bond donors (Lipinski definition) is 1. The third kappa shape index (κ3) is 2.70. The molecule has 0 aliphatic rings. The quantitative estimate of drug-likeness (QED) is 0.609. The van der Waals surface area contributed by atoms with E-state index in [0.717, 1.165) is 11.3 Å². The molecule has 0 saturated carbocycles.